The lowest BCUT2D eigenvalue weighted by Gasteiger charge is -2.13. The fraction of sp³-hybridized carbons (Fsp3) is 0.269. The number of aryl methyl sites for hydroxylation is 2. The number of rotatable bonds is 11. The lowest BCUT2D eigenvalue weighted by Crippen LogP contribution is -2.12. The third-order valence-corrected chi connectivity index (χ3v) is 5.92. The summed E-state index contributed by atoms with van der Waals surface area (Å²) in [6, 6.07) is 15.6. The number of carbonyl (C=O) groups is 2. The normalized spacial score (nSPS) is 11.9. The van der Waals surface area contributed by atoms with Gasteiger partial charge in [0.05, 0.1) is 19.0 Å². The smallest absolute Gasteiger partial charge is 0.268 e. The largest absolute Gasteiger partial charge is 0.497 e. The molecular formula is C26H29N5O4. The number of aliphatic hydroxyl groups excluding tert-OH is 1. The van der Waals surface area contributed by atoms with Crippen LogP contribution in [0.15, 0.2) is 67.3 Å². The van der Waals surface area contributed by atoms with Crippen molar-refractivity contribution < 1.29 is 19.4 Å². The number of nitrogens with one attached hydrogen (secondary N) is 1. The van der Waals surface area contributed by atoms with Gasteiger partial charge in [0.1, 0.15) is 17.7 Å². The Kier molecular flexibility index (Phi) is 7.47. The number of methoxy groups -OCH3 is 1. The molecule has 2 aromatic carbocycles. The van der Waals surface area contributed by atoms with Crippen LogP contribution in [0.25, 0.3) is 10.9 Å². The number of imidazole rings is 1. The van der Waals surface area contributed by atoms with Gasteiger partial charge in [0.15, 0.2) is 0 Å². The predicted molar refractivity (Wildman–Crippen MR) is 133 cm³/mol. The van der Waals surface area contributed by atoms with Gasteiger partial charge in [-0.15, -0.1) is 0 Å². The van der Waals surface area contributed by atoms with Gasteiger partial charge >= 0.3 is 0 Å². The van der Waals surface area contributed by atoms with Crippen LogP contribution in [0, 0.1) is 0 Å². The van der Waals surface area contributed by atoms with Crippen LogP contribution in [0.1, 0.15) is 41.5 Å². The van der Waals surface area contributed by atoms with Crippen molar-refractivity contribution in [2.24, 2.45) is 5.73 Å². The molecule has 0 fully saturated rings. The molecule has 0 spiro atoms. The summed E-state index contributed by atoms with van der Waals surface area (Å²) >= 11 is 0. The first-order valence-electron chi connectivity index (χ1n) is 11.5. The molecule has 2 aromatic heterocycles. The fourth-order valence-corrected chi connectivity index (χ4v) is 3.95. The first kappa shape index (κ1) is 24.0. The lowest BCUT2D eigenvalue weighted by atomic mass is 10.1. The molecule has 4 aromatic rings. The standard InChI is InChI=1S/C26H29N5O4/c1-35-21-9-4-18(5-10-21)6-11-24(32)29-20-8-7-19-12-14-30(23(19)15-20)13-2-3-25(33)31-16-22(26(27)34)28-17-31/h4-5,7-10,12,14-17,25,33H,2-3,6,11,13H2,1H3,(H2,27,34)(H,29,32)/t25-/m1/s1. The highest BCUT2D eigenvalue weighted by molar-refractivity contribution is 5.94. The van der Waals surface area contributed by atoms with E-state index in [4.69, 9.17) is 10.5 Å². The molecule has 0 unspecified atom stereocenters. The molecule has 9 heteroatoms. The van der Waals surface area contributed by atoms with Gasteiger partial charge in [-0.3, -0.25) is 9.59 Å². The molecule has 9 nitrogen and oxygen atoms in total. The van der Waals surface area contributed by atoms with Gasteiger partial charge in [-0.1, -0.05) is 18.2 Å². The number of hydrogen-bond donors (Lipinski definition) is 3. The number of carbonyl (C=O) groups excluding carboxylic acids is 2. The van der Waals surface area contributed by atoms with Gasteiger partial charge in [-0.05, 0) is 60.5 Å². The van der Waals surface area contributed by atoms with Gasteiger partial charge in [-0.2, -0.15) is 0 Å². The number of anilines is 1. The molecule has 0 aliphatic rings. The first-order valence-corrected chi connectivity index (χ1v) is 11.5. The van der Waals surface area contributed by atoms with E-state index in [0.29, 0.717) is 32.2 Å². The van der Waals surface area contributed by atoms with Crippen molar-refractivity contribution in [1.29, 1.82) is 0 Å². The predicted octanol–water partition coefficient (Wildman–Crippen LogP) is 3.49. The number of nitrogens with two attached hydrogens (primary N) is 1. The molecule has 0 aliphatic carbocycles. The van der Waals surface area contributed by atoms with Gasteiger partial charge in [0.25, 0.3) is 5.91 Å². The van der Waals surface area contributed by atoms with Crippen molar-refractivity contribution in [3.05, 3.63) is 78.5 Å². The van der Waals surface area contributed by atoms with E-state index in [0.717, 1.165) is 27.9 Å². The van der Waals surface area contributed by atoms with Crippen LogP contribution in [0.4, 0.5) is 5.69 Å². The molecule has 0 radical (unpaired) electrons. The highest BCUT2D eigenvalue weighted by Crippen LogP contribution is 2.22. The van der Waals surface area contributed by atoms with E-state index in [-0.39, 0.29) is 11.6 Å². The molecule has 0 saturated heterocycles. The molecular weight excluding hydrogens is 446 g/mol. The molecule has 4 N–H and O–H groups in total. The average Bonchev–Trinajstić information content (AvgIpc) is 3.51. The highest BCUT2D eigenvalue weighted by Gasteiger charge is 2.11. The fourth-order valence-electron chi connectivity index (χ4n) is 3.95. The van der Waals surface area contributed by atoms with E-state index in [1.165, 1.54) is 17.1 Å². The number of fused-ring (bicyclic) bond motifs is 1. The average molecular weight is 476 g/mol. The Hall–Kier alpha value is -4.11. The molecule has 35 heavy (non-hydrogen) atoms. The summed E-state index contributed by atoms with van der Waals surface area (Å²) < 4.78 is 8.74. The molecule has 0 saturated carbocycles. The van der Waals surface area contributed by atoms with Crippen LogP contribution in [0.2, 0.25) is 0 Å². The quantitative estimate of drug-likeness (QED) is 0.306. The maximum absolute atomic E-state index is 12.5. The summed E-state index contributed by atoms with van der Waals surface area (Å²) in [4.78, 5) is 27.6. The third-order valence-electron chi connectivity index (χ3n) is 5.92. The van der Waals surface area contributed by atoms with Gasteiger partial charge in [-0.25, -0.2) is 4.98 Å². The van der Waals surface area contributed by atoms with E-state index in [1.54, 1.807) is 7.11 Å². The zero-order valence-electron chi connectivity index (χ0n) is 19.6. The second kappa shape index (κ2) is 10.9. The Bertz CT molecular complexity index is 1310. The van der Waals surface area contributed by atoms with Crippen molar-refractivity contribution in [2.75, 3.05) is 12.4 Å². The van der Waals surface area contributed by atoms with Crippen LogP contribution < -0.4 is 15.8 Å². The minimum atomic E-state index is -0.794. The molecule has 1 atom stereocenters. The van der Waals surface area contributed by atoms with Crippen molar-refractivity contribution in [1.82, 2.24) is 14.1 Å². The van der Waals surface area contributed by atoms with Crippen molar-refractivity contribution in [3.63, 3.8) is 0 Å². The number of aromatic nitrogens is 3. The third kappa shape index (κ3) is 6.07. The lowest BCUT2D eigenvalue weighted by molar-refractivity contribution is -0.116. The highest BCUT2D eigenvalue weighted by atomic mass is 16.5. The van der Waals surface area contributed by atoms with Crippen LogP contribution in [-0.2, 0) is 17.8 Å². The number of amides is 2. The summed E-state index contributed by atoms with van der Waals surface area (Å²) in [7, 11) is 1.63. The molecule has 182 valence electrons. The van der Waals surface area contributed by atoms with E-state index >= 15 is 0 Å². The first-order chi connectivity index (χ1) is 16.9. The number of primary amides is 1. The second-order valence-electron chi connectivity index (χ2n) is 8.37. The van der Waals surface area contributed by atoms with Crippen LogP contribution in [0.5, 0.6) is 5.75 Å². The molecule has 2 heterocycles. The van der Waals surface area contributed by atoms with Crippen molar-refractivity contribution >= 4 is 28.4 Å². The Morgan fingerprint density at radius 3 is 2.69 bits per heavy atom. The summed E-state index contributed by atoms with van der Waals surface area (Å²) in [5.41, 5.74) is 8.16. The molecule has 0 aliphatic heterocycles. The number of nitrogens with zero attached hydrogens (tertiary/aromatic N) is 3. The van der Waals surface area contributed by atoms with Crippen molar-refractivity contribution in [2.45, 2.75) is 38.5 Å². The van der Waals surface area contributed by atoms with Gasteiger partial charge in [0.2, 0.25) is 5.91 Å². The monoisotopic (exact) mass is 475 g/mol. The minimum absolute atomic E-state index is 0.0444. The SMILES string of the molecule is COc1ccc(CCC(=O)Nc2ccc3ccn(CCC[C@@H](O)n4cnc(C(N)=O)c4)c3c2)cc1. The van der Waals surface area contributed by atoms with E-state index < -0.39 is 12.1 Å². The Balaban J connectivity index is 1.31. The van der Waals surface area contributed by atoms with Crippen molar-refractivity contribution in [3.8, 4) is 5.75 Å². The number of benzene rings is 2. The molecule has 0 bridgehead atoms. The maximum Gasteiger partial charge on any atom is 0.268 e. The molecule has 2 amide bonds. The van der Waals surface area contributed by atoms with Gasteiger partial charge in [0, 0.05) is 31.0 Å². The zero-order valence-corrected chi connectivity index (χ0v) is 19.6. The van der Waals surface area contributed by atoms with E-state index in [2.05, 4.69) is 14.9 Å². The van der Waals surface area contributed by atoms with Gasteiger partial charge < -0.3 is 30.0 Å². The van der Waals surface area contributed by atoms with Crippen LogP contribution in [-0.4, -0.2) is 38.1 Å². The Morgan fingerprint density at radius 2 is 1.97 bits per heavy atom. The van der Waals surface area contributed by atoms with E-state index in [9.17, 15) is 14.7 Å². The summed E-state index contributed by atoms with van der Waals surface area (Å²) in [6.45, 7) is 0.687. The Labute approximate surface area is 203 Å². The topological polar surface area (TPSA) is 124 Å². The maximum atomic E-state index is 12.5. The van der Waals surface area contributed by atoms with Crippen LogP contribution >= 0.6 is 0 Å². The number of ether oxygens (including phenoxy) is 1. The second-order valence-corrected chi connectivity index (χ2v) is 8.37. The Morgan fingerprint density at radius 1 is 1.17 bits per heavy atom. The minimum Gasteiger partial charge on any atom is -0.497 e. The number of hydrogen-bond acceptors (Lipinski definition) is 5. The summed E-state index contributed by atoms with van der Waals surface area (Å²) in [5.74, 6) is 0.124. The zero-order chi connectivity index (χ0) is 24.8. The summed E-state index contributed by atoms with van der Waals surface area (Å²) in [6.07, 6.45) is 6.26. The molecule has 4 rings (SSSR count). The number of aliphatic hydroxyl groups is 1. The van der Waals surface area contributed by atoms with Crippen LogP contribution in [0.3, 0.4) is 0 Å². The van der Waals surface area contributed by atoms with E-state index in [1.807, 2.05) is 54.7 Å². The summed E-state index contributed by atoms with van der Waals surface area (Å²) in [5, 5.41) is 14.4.